The molecule has 0 aromatic heterocycles. The standard InChI is InChI=1S/C18H11F7INO2/c19-10-1-3-11(4-2-10)27(12-5-6-12)16(28)29-15-13(18(23,24)25)7-9(8-14(15)26)17(20,21)22/h1-4,7-8,12H,5-6H2. The first-order valence-electron chi connectivity index (χ1n) is 8.12. The predicted molar refractivity (Wildman–Crippen MR) is 97.1 cm³/mol. The molecule has 2 aromatic rings. The van der Waals surface area contributed by atoms with Crippen LogP contribution in [0.3, 0.4) is 0 Å². The molecule has 0 heterocycles. The highest BCUT2D eigenvalue weighted by Crippen LogP contribution is 2.43. The Morgan fingerprint density at radius 3 is 2.07 bits per heavy atom. The molecule has 0 atom stereocenters. The van der Waals surface area contributed by atoms with Crippen LogP contribution in [-0.2, 0) is 12.4 Å². The zero-order chi connectivity index (χ0) is 21.6. The van der Waals surface area contributed by atoms with E-state index in [1.165, 1.54) is 34.7 Å². The average molecular weight is 533 g/mol. The molecule has 11 heteroatoms. The Bertz CT molecular complexity index is 922. The monoisotopic (exact) mass is 533 g/mol. The van der Waals surface area contributed by atoms with Crippen LogP contribution in [-0.4, -0.2) is 12.1 Å². The minimum atomic E-state index is -5.18. The minimum Gasteiger partial charge on any atom is -0.408 e. The van der Waals surface area contributed by atoms with E-state index >= 15 is 0 Å². The highest BCUT2D eigenvalue weighted by atomic mass is 127. The summed E-state index contributed by atoms with van der Waals surface area (Å²) < 4.78 is 96.4. The van der Waals surface area contributed by atoms with E-state index in [9.17, 15) is 35.5 Å². The van der Waals surface area contributed by atoms with Gasteiger partial charge in [-0.1, -0.05) is 0 Å². The number of rotatable bonds is 3. The van der Waals surface area contributed by atoms with Crippen molar-refractivity contribution in [3.63, 3.8) is 0 Å². The fourth-order valence-corrected chi connectivity index (χ4v) is 3.34. The zero-order valence-electron chi connectivity index (χ0n) is 14.2. The molecule has 0 saturated heterocycles. The van der Waals surface area contributed by atoms with Crippen molar-refractivity contribution >= 4 is 34.4 Å². The Morgan fingerprint density at radius 2 is 1.59 bits per heavy atom. The summed E-state index contributed by atoms with van der Waals surface area (Å²) in [5.41, 5.74) is -3.01. The number of hydrogen-bond donors (Lipinski definition) is 0. The van der Waals surface area contributed by atoms with E-state index in [2.05, 4.69) is 0 Å². The molecule has 1 fully saturated rings. The number of ether oxygens (including phenoxy) is 1. The second-order valence-electron chi connectivity index (χ2n) is 6.28. The molecule has 3 rings (SSSR count). The first-order chi connectivity index (χ1) is 13.4. The van der Waals surface area contributed by atoms with Crippen LogP contribution in [0.4, 0.5) is 41.2 Å². The summed E-state index contributed by atoms with van der Waals surface area (Å²) >= 11 is 1.26. The zero-order valence-corrected chi connectivity index (χ0v) is 16.4. The van der Waals surface area contributed by atoms with E-state index in [1.54, 1.807) is 0 Å². The summed E-state index contributed by atoms with van der Waals surface area (Å²) in [6.45, 7) is 0. The van der Waals surface area contributed by atoms with Gasteiger partial charge in [0.05, 0.1) is 9.13 Å². The lowest BCUT2D eigenvalue weighted by Crippen LogP contribution is -2.36. The van der Waals surface area contributed by atoms with Crippen molar-refractivity contribution in [1.29, 1.82) is 0 Å². The number of amides is 1. The molecule has 0 radical (unpaired) electrons. The third-order valence-corrected chi connectivity index (χ3v) is 4.88. The van der Waals surface area contributed by atoms with Crippen molar-refractivity contribution in [2.45, 2.75) is 31.2 Å². The second kappa shape index (κ2) is 7.65. The summed E-state index contributed by atoms with van der Waals surface area (Å²) in [6.07, 6.45) is -10.3. The van der Waals surface area contributed by atoms with Crippen LogP contribution in [0.5, 0.6) is 5.75 Å². The molecule has 1 aliphatic carbocycles. The lowest BCUT2D eigenvalue weighted by Gasteiger charge is -2.24. The van der Waals surface area contributed by atoms with Gasteiger partial charge in [-0.25, -0.2) is 9.18 Å². The maximum absolute atomic E-state index is 13.4. The normalized spacial score (nSPS) is 14.6. The van der Waals surface area contributed by atoms with Crippen LogP contribution in [0.15, 0.2) is 36.4 Å². The van der Waals surface area contributed by atoms with Gasteiger partial charge in [-0.05, 0) is 71.8 Å². The Kier molecular flexibility index (Phi) is 5.71. The lowest BCUT2D eigenvalue weighted by atomic mass is 10.1. The van der Waals surface area contributed by atoms with Crippen LogP contribution < -0.4 is 9.64 Å². The van der Waals surface area contributed by atoms with E-state index < -0.39 is 44.7 Å². The summed E-state index contributed by atoms with van der Waals surface area (Å²) in [5.74, 6) is -1.58. The van der Waals surface area contributed by atoms with Gasteiger partial charge in [-0.3, -0.25) is 4.90 Å². The van der Waals surface area contributed by atoms with E-state index in [0.717, 1.165) is 17.0 Å². The number of alkyl halides is 6. The molecule has 0 bridgehead atoms. The van der Waals surface area contributed by atoms with Gasteiger partial charge < -0.3 is 4.74 Å². The highest BCUT2D eigenvalue weighted by Gasteiger charge is 2.42. The molecule has 0 aliphatic heterocycles. The molecule has 0 spiro atoms. The summed E-state index contributed by atoms with van der Waals surface area (Å²) in [5, 5.41) is 0. The number of halogens is 8. The van der Waals surface area contributed by atoms with Crippen molar-refractivity contribution in [1.82, 2.24) is 0 Å². The maximum atomic E-state index is 13.4. The molecular weight excluding hydrogens is 522 g/mol. The summed E-state index contributed by atoms with van der Waals surface area (Å²) in [4.78, 5) is 13.7. The fraction of sp³-hybridized carbons (Fsp3) is 0.278. The Hall–Kier alpha value is -2.05. The van der Waals surface area contributed by atoms with Gasteiger partial charge in [0.2, 0.25) is 0 Å². The SMILES string of the molecule is O=C(Oc1c(I)cc(C(F)(F)F)cc1C(F)(F)F)N(c1ccc(F)cc1)C1CC1. The molecule has 0 N–H and O–H groups in total. The van der Waals surface area contributed by atoms with E-state index in [1.807, 2.05) is 0 Å². The predicted octanol–water partition coefficient (Wildman–Crippen LogP) is 6.64. The van der Waals surface area contributed by atoms with Gasteiger partial charge >= 0.3 is 18.4 Å². The van der Waals surface area contributed by atoms with Gasteiger partial charge in [-0.2, -0.15) is 26.3 Å². The lowest BCUT2D eigenvalue weighted by molar-refractivity contribution is -0.143. The van der Waals surface area contributed by atoms with Crippen molar-refractivity contribution < 1.29 is 40.3 Å². The molecular formula is C18H11F7INO2. The summed E-state index contributed by atoms with van der Waals surface area (Å²) in [7, 11) is 0. The van der Waals surface area contributed by atoms with Gasteiger partial charge in [0.15, 0.2) is 5.75 Å². The average Bonchev–Trinajstić information content (AvgIpc) is 3.41. The van der Waals surface area contributed by atoms with Gasteiger partial charge in [0, 0.05) is 11.7 Å². The third-order valence-electron chi connectivity index (χ3n) is 4.08. The quantitative estimate of drug-likeness (QED) is 0.328. The maximum Gasteiger partial charge on any atom is 0.420 e. The molecule has 156 valence electrons. The number of hydrogen-bond acceptors (Lipinski definition) is 2. The fourth-order valence-electron chi connectivity index (χ4n) is 2.61. The smallest absolute Gasteiger partial charge is 0.408 e. The number of nitrogens with zero attached hydrogens (tertiary/aromatic N) is 1. The molecule has 1 amide bonds. The first-order valence-corrected chi connectivity index (χ1v) is 9.20. The second-order valence-corrected chi connectivity index (χ2v) is 7.44. The number of anilines is 1. The molecule has 2 aromatic carbocycles. The largest absolute Gasteiger partial charge is 0.420 e. The van der Waals surface area contributed by atoms with Crippen molar-refractivity contribution in [2.24, 2.45) is 0 Å². The summed E-state index contributed by atoms with van der Waals surface area (Å²) in [6, 6.07) is 4.69. The molecule has 3 nitrogen and oxygen atoms in total. The Morgan fingerprint density at radius 1 is 1.00 bits per heavy atom. The Balaban J connectivity index is 1.99. The van der Waals surface area contributed by atoms with Crippen molar-refractivity contribution in [3.05, 3.63) is 56.9 Å². The molecule has 1 aliphatic rings. The van der Waals surface area contributed by atoms with Gasteiger partial charge in [-0.15, -0.1) is 0 Å². The van der Waals surface area contributed by atoms with Crippen LogP contribution in [0.25, 0.3) is 0 Å². The van der Waals surface area contributed by atoms with Crippen molar-refractivity contribution in [3.8, 4) is 5.75 Å². The molecule has 1 saturated carbocycles. The molecule has 29 heavy (non-hydrogen) atoms. The third kappa shape index (κ3) is 4.93. The number of carbonyl (C=O) groups is 1. The Labute approximate surface area is 173 Å². The van der Waals surface area contributed by atoms with Crippen LogP contribution >= 0.6 is 22.6 Å². The van der Waals surface area contributed by atoms with Crippen LogP contribution in [0.2, 0.25) is 0 Å². The van der Waals surface area contributed by atoms with E-state index in [-0.39, 0.29) is 17.8 Å². The molecule has 0 unspecified atom stereocenters. The number of benzene rings is 2. The van der Waals surface area contributed by atoms with Crippen molar-refractivity contribution in [2.75, 3.05) is 4.90 Å². The first kappa shape index (κ1) is 21.7. The van der Waals surface area contributed by atoms with Crippen LogP contribution in [0, 0.1) is 9.39 Å². The topological polar surface area (TPSA) is 29.5 Å². The van der Waals surface area contributed by atoms with E-state index in [0.29, 0.717) is 18.9 Å². The van der Waals surface area contributed by atoms with Gasteiger partial charge in [0.25, 0.3) is 0 Å². The highest BCUT2D eigenvalue weighted by molar-refractivity contribution is 14.1. The van der Waals surface area contributed by atoms with Crippen LogP contribution in [0.1, 0.15) is 24.0 Å². The minimum absolute atomic E-state index is 0.0931. The van der Waals surface area contributed by atoms with E-state index in [4.69, 9.17) is 4.74 Å². The van der Waals surface area contributed by atoms with Gasteiger partial charge in [0.1, 0.15) is 11.4 Å². The number of carbonyl (C=O) groups excluding carboxylic acids is 1.